The van der Waals surface area contributed by atoms with Crippen LogP contribution in [0.3, 0.4) is 0 Å². The van der Waals surface area contributed by atoms with Crippen LogP contribution in [0.15, 0.2) is 71.6 Å². The Morgan fingerprint density at radius 3 is 2.05 bits per heavy atom. The number of sulfonamides is 1. The Bertz CT molecular complexity index is 868. The summed E-state index contributed by atoms with van der Waals surface area (Å²) in [7, 11) is -3.69. The summed E-state index contributed by atoms with van der Waals surface area (Å²) in [6.07, 6.45) is 0. The lowest BCUT2D eigenvalue weighted by atomic mass is 10.1. The molecule has 0 saturated heterocycles. The number of benzene rings is 2. The van der Waals surface area contributed by atoms with Crippen LogP contribution in [-0.4, -0.2) is 13.4 Å². The van der Waals surface area contributed by atoms with Crippen LogP contribution in [0.25, 0.3) is 22.5 Å². The molecule has 1 heterocycles. The van der Waals surface area contributed by atoms with E-state index in [2.05, 4.69) is 4.98 Å². The molecule has 5 heteroatoms. The van der Waals surface area contributed by atoms with Crippen molar-refractivity contribution in [2.75, 3.05) is 0 Å². The number of nitrogens with two attached hydrogens (primary N) is 1. The Morgan fingerprint density at radius 1 is 0.762 bits per heavy atom. The van der Waals surface area contributed by atoms with Crippen LogP contribution in [-0.2, 0) is 10.0 Å². The van der Waals surface area contributed by atoms with Gasteiger partial charge >= 0.3 is 0 Å². The summed E-state index contributed by atoms with van der Waals surface area (Å²) in [5.74, 6) is 0. The SMILES string of the molecule is NS(=O)(=O)c1cccc(-c2ccc(-c3ccccc3)[nH]2)c1. The van der Waals surface area contributed by atoms with E-state index in [4.69, 9.17) is 5.14 Å². The molecule has 4 nitrogen and oxygen atoms in total. The van der Waals surface area contributed by atoms with Gasteiger partial charge in [-0.15, -0.1) is 0 Å². The first-order chi connectivity index (χ1) is 10.0. The van der Waals surface area contributed by atoms with Crippen LogP contribution >= 0.6 is 0 Å². The number of aromatic nitrogens is 1. The molecule has 0 spiro atoms. The normalized spacial score (nSPS) is 11.5. The van der Waals surface area contributed by atoms with Gasteiger partial charge in [0.05, 0.1) is 4.90 Å². The fourth-order valence-electron chi connectivity index (χ4n) is 2.19. The molecule has 0 fully saturated rings. The van der Waals surface area contributed by atoms with Crippen molar-refractivity contribution in [3.05, 3.63) is 66.7 Å². The third-order valence-electron chi connectivity index (χ3n) is 3.24. The van der Waals surface area contributed by atoms with Crippen molar-refractivity contribution < 1.29 is 8.42 Å². The number of hydrogen-bond acceptors (Lipinski definition) is 2. The average Bonchev–Trinajstić information content (AvgIpc) is 2.97. The van der Waals surface area contributed by atoms with E-state index in [0.29, 0.717) is 0 Å². The van der Waals surface area contributed by atoms with E-state index in [1.807, 2.05) is 48.5 Å². The zero-order valence-electron chi connectivity index (χ0n) is 11.2. The Morgan fingerprint density at radius 2 is 1.38 bits per heavy atom. The molecule has 0 saturated carbocycles. The highest BCUT2D eigenvalue weighted by atomic mass is 32.2. The maximum absolute atomic E-state index is 11.4. The molecule has 0 aliphatic heterocycles. The van der Waals surface area contributed by atoms with Crippen LogP contribution in [0.4, 0.5) is 0 Å². The van der Waals surface area contributed by atoms with Gasteiger partial charge < -0.3 is 4.98 Å². The number of H-pyrrole nitrogens is 1. The van der Waals surface area contributed by atoms with Gasteiger partial charge in [0.15, 0.2) is 0 Å². The summed E-state index contributed by atoms with van der Waals surface area (Å²) in [4.78, 5) is 3.40. The van der Waals surface area contributed by atoms with E-state index in [0.717, 1.165) is 22.5 Å². The van der Waals surface area contributed by atoms with Crippen LogP contribution < -0.4 is 5.14 Å². The molecule has 1 aromatic heterocycles. The molecular weight excluding hydrogens is 284 g/mol. The Hall–Kier alpha value is -2.37. The standard InChI is InChI=1S/C16H14N2O2S/c17-21(19,20)14-8-4-7-13(11-14)16-10-9-15(18-16)12-5-2-1-3-6-12/h1-11,18H,(H2,17,19,20). The Kier molecular flexibility index (Phi) is 3.37. The largest absolute Gasteiger partial charge is 0.355 e. The first-order valence-electron chi connectivity index (χ1n) is 6.42. The van der Waals surface area contributed by atoms with Crippen molar-refractivity contribution in [1.82, 2.24) is 4.98 Å². The number of rotatable bonds is 3. The Labute approximate surface area is 123 Å². The molecule has 0 aliphatic carbocycles. The lowest BCUT2D eigenvalue weighted by Gasteiger charge is -2.02. The first kappa shape index (κ1) is 13.6. The van der Waals surface area contributed by atoms with Crippen LogP contribution in [0.2, 0.25) is 0 Å². The van der Waals surface area contributed by atoms with Gasteiger partial charge in [-0.2, -0.15) is 0 Å². The molecule has 106 valence electrons. The number of primary sulfonamides is 1. The molecule has 3 N–H and O–H groups in total. The predicted octanol–water partition coefficient (Wildman–Crippen LogP) is 3.00. The van der Waals surface area contributed by atoms with Gasteiger partial charge in [0, 0.05) is 11.4 Å². The van der Waals surface area contributed by atoms with Crippen molar-refractivity contribution in [3.63, 3.8) is 0 Å². The zero-order valence-corrected chi connectivity index (χ0v) is 12.0. The van der Waals surface area contributed by atoms with Crippen LogP contribution in [0, 0.1) is 0 Å². The highest BCUT2D eigenvalue weighted by Gasteiger charge is 2.10. The fourth-order valence-corrected chi connectivity index (χ4v) is 2.75. The topological polar surface area (TPSA) is 76.0 Å². The summed E-state index contributed by atoms with van der Waals surface area (Å²) < 4.78 is 22.8. The molecule has 0 atom stereocenters. The molecule has 0 amide bonds. The second-order valence-electron chi connectivity index (χ2n) is 4.72. The number of nitrogens with one attached hydrogen (secondary N) is 1. The van der Waals surface area contributed by atoms with Crippen LogP contribution in [0.5, 0.6) is 0 Å². The van der Waals surface area contributed by atoms with Crippen molar-refractivity contribution in [1.29, 1.82) is 0 Å². The highest BCUT2D eigenvalue weighted by Crippen LogP contribution is 2.25. The van der Waals surface area contributed by atoms with Crippen LogP contribution in [0.1, 0.15) is 0 Å². The van der Waals surface area contributed by atoms with E-state index in [1.54, 1.807) is 12.1 Å². The van der Waals surface area contributed by atoms with Gasteiger partial charge in [-0.1, -0.05) is 42.5 Å². The highest BCUT2D eigenvalue weighted by molar-refractivity contribution is 7.89. The predicted molar refractivity (Wildman–Crippen MR) is 83.0 cm³/mol. The fraction of sp³-hybridized carbons (Fsp3) is 0. The van der Waals surface area contributed by atoms with Gasteiger partial charge in [0.1, 0.15) is 0 Å². The first-order valence-corrected chi connectivity index (χ1v) is 7.96. The smallest absolute Gasteiger partial charge is 0.238 e. The molecule has 3 aromatic rings. The van der Waals surface area contributed by atoms with Crippen molar-refractivity contribution in [2.24, 2.45) is 5.14 Å². The summed E-state index contributed by atoms with van der Waals surface area (Å²) in [5.41, 5.74) is 3.68. The van der Waals surface area contributed by atoms with Gasteiger partial charge in [-0.3, -0.25) is 0 Å². The Balaban J connectivity index is 2.01. The minimum absolute atomic E-state index is 0.107. The van der Waals surface area contributed by atoms with E-state index in [9.17, 15) is 8.42 Å². The third-order valence-corrected chi connectivity index (χ3v) is 4.16. The van der Waals surface area contributed by atoms with Crippen molar-refractivity contribution in [2.45, 2.75) is 4.90 Å². The monoisotopic (exact) mass is 298 g/mol. The van der Waals surface area contributed by atoms with E-state index >= 15 is 0 Å². The summed E-state index contributed by atoms with van der Waals surface area (Å²) in [6, 6.07) is 20.4. The molecule has 21 heavy (non-hydrogen) atoms. The van der Waals surface area contributed by atoms with E-state index in [1.165, 1.54) is 6.07 Å². The molecular formula is C16H14N2O2S. The van der Waals surface area contributed by atoms with Gasteiger partial charge in [-0.25, -0.2) is 13.6 Å². The lowest BCUT2D eigenvalue weighted by molar-refractivity contribution is 0.598. The summed E-state index contributed by atoms with van der Waals surface area (Å²) >= 11 is 0. The third kappa shape index (κ3) is 2.89. The molecule has 0 unspecified atom stereocenters. The van der Waals surface area contributed by atoms with Gasteiger partial charge in [-0.05, 0) is 35.4 Å². The van der Waals surface area contributed by atoms with E-state index < -0.39 is 10.0 Å². The molecule has 3 rings (SSSR count). The minimum Gasteiger partial charge on any atom is -0.355 e. The van der Waals surface area contributed by atoms with E-state index in [-0.39, 0.29) is 4.90 Å². The van der Waals surface area contributed by atoms with Crippen molar-refractivity contribution in [3.8, 4) is 22.5 Å². The summed E-state index contributed by atoms with van der Waals surface area (Å²) in [6.45, 7) is 0. The van der Waals surface area contributed by atoms with Crippen molar-refractivity contribution >= 4 is 10.0 Å². The average molecular weight is 298 g/mol. The molecule has 0 radical (unpaired) electrons. The summed E-state index contributed by atoms with van der Waals surface area (Å²) in [5, 5.41) is 5.16. The minimum atomic E-state index is -3.69. The lowest BCUT2D eigenvalue weighted by Crippen LogP contribution is -2.11. The van der Waals surface area contributed by atoms with Gasteiger partial charge in [0.25, 0.3) is 0 Å². The maximum atomic E-state index is 11.4. The second-order valence-corrected chi connectivity index (χ2v) is 6.29. The molecule has 2 aromatic carbocycles. The number of hydrogen-bond donors (Lipinski definition) is 2. The van der Waals surface area contributed by atoms with Gasteiger partial charge in [0.2, 0.25) is 10.0 Å². The zero-order chi connectivity index (χ0) is 14.9. The molecule has 0 bridgehead atoms. The number of aromatic amines is 1. The maximum Gasteiger partial charge on any atom is 0.238 e. The quantitative estimate of drug-likeness (QED) is 0.780. The second kappa shape index (κ2) is 5.20. The molecule has 0 aliphatic rings.